The summed E-state index contributed by atoms with van der Waals surface area (Å²) in [5, 5.41) is 5.76. The molecule has 19 heavy (non-hydrogen) atoms. The molecule has 1 aromatic rings. The van der Waals surface area contributed by atoms with Gasteiger partial charge in [0.15, 0.2) is 0 Å². The molecule has 0 radical (unpaired) electrons. The van der Waals surface area contributed by atoms with Crippen LogP contribution in [0.5, 0.6) is 0 Å². The van der Waals surface area contributed by atoms with Gasteiger partial charge in [-0.25, -0.2) is 4.39 Å². The highest BCUT2D eigenvalue weighted by Gasteiger charge is 2.06. The summed E-state index contributed by atoms with van der Waals surface area (Å²) >= 11 is 1.64. The number of amides is 1. The smallest absolute Gasteiger partial charge is 0.221 e. The summed E-state index contributed by atoms with van der Waals surface area (Å²) in [7, 11) is 1.81. The van der Waals surface area contributed by atoms with Gasteiger partial charge in [0.2, 0.25) is 5.91 Å². The van der Waals surface area contributed by atoms with Crippen molar-refractivity contribution in [1.82, 2.24) is 10.6 Å². The highest BCUT2D eigenvalue weighted by molar-refractivity contribution is 7.97. The van der Waals surface area contributed by atoms with Crippen LogP contribution in [0.25, 0.3) is 0 Å². The summed E-state index contributed by atoms with van der Waals surface area (Å²) in [6.45, 7) is 1.12. The van der Waals surface area contributed by atoms with E-state index in [4.69, 9.17) is 0 Å². The maximum Gasteiger partial charge on any atom is 0.221 e. The molecule has 0 aliphatic rings. The minimum atomic E-state index is -0.232. The van der Waals surface area contributed by atoms with Crippen LogP contribution in [0.15, 0.2) is 18.2 Å². The summed E-state index contributed by atoms with van der Waals surface area (Å²) in [5.41, 5.74) is 1.92. The number of carbonyl (C=O) groups is 1. The van der Waals surface area contributed by atoms with Gasteiger partial charge >= 0.3 is 0 Å². The molecule has 0 aromatic heterocycles. The van der Waals surface area contributed by atoms with E-state index in [0.29, 0.717) is 19.5 Å². The van der Waals surface area contributed by atoms with Gasteiger partial charge in [0.25, 0.3) is 0 Å². The van der Waals surface area contributed by atoms with Gasteiger partial charge in [-0.1, -0.05) is 6.07 Å². The topological polar surface area (TPSA) is 41.1 Å². The van der Waals surface area contributed by atoms with E-state index in [1.807, 2.05) is 13.3 Å². The molecule has 108 valence electrons. The third kappa shape index (κ3) is 6.80. The first-order valence-electron chi connectivity index (χ1n) is 5.85. The molecule has 0 saturated heterocycles. The van der Waals surface area contributed by atoms with Crippen LogP contribution in [0.2, 0.25) is 0 Å². The van der Waals surface area contributed by atoms with Crippen molar-refractivity contribution in [2.24, 2.45) is 0 Å². The lowest BCUT2D eigenvalue weighted by atomic mass is 10.1. The molecular weight excluding hydrogens is 287 g/mol. The zero-order chi connectivity index (χ0) is 13.4. The van der Waals surface area contributed by atoms with Crippen LogP contribution >= 0.6 is 24.2 Å². The Balaban J connectivity index is 0.00000324. The fourth-order valence-electron chi connectivity index (χ4n) is 1.58. The van der Waals surface area contributed by atoms with Crippen LogP contribution in [0, 0.1) is 5.82 Å². The first-order chi connectivity index (χ1) is 8.67. The Labute approximate surface area is 124 Å². The summed E-state index contributed by atoms with van der Waals surface area (Å²) in [5.74, 6) is 0.521. The third-order valence-electron chi connectivity index (χ3n) is 2.55. The molecule has 0 fully saturated rings. The van der Waals surface area contributed by atoms with E-state index in [1.165, 1.54) is 12.1 Å². The number of halogens is 2. The molecule has 0 spiro atoms. The third-order valence-corrected chi connectivity index (χ3v) is 3.15. The van der Waals surface area contributed by atoms with Gasteiger partial charge in [-0.05, 0) is 36.6 Å². The molecule has 0 heterocycles. The molecule has 1 amide bonds. The molecule has 6 heteroatoms. The number of benzene rings is 1. The average molecular weight is 307 g/mol. The predicted molar refractivity (Wildman–Crippen MR) is 81.3 cm³/mol. The second kappa shape index (κ2) is 10.1. The molecule has 1 aromatic carbocycles. The van der Waals surface area contributed by atoms with Crippen molar-refractivity contribution in [1.29, 1.82) is 0 Å². The minimum Gasteiger partial charge on any atom is -0.352 e. The largest absolute Gasteiger partial charge is 0.352 e. The standard InChI is InChI=1S/C13H19FN2OS.ClH/c1-15-6-5-13(17)16-8-10-3-4-12(14)7-11(10)9-18-2;/h3-4,7,15H,5-6,8-9H2,1-2H3,(H,16,17);1H. The lowest BCUT2D eigenvalue weighted by Crippen LogP contribution is -2.26. The summed E-state index contributed by atoms with van der Waals surface area (Å²) in [4.78, 5) is 11.5. The van der Waals surface area contributed by atoms with E-state index in [0.717, 1.165) is 16.9 Å². The molecule has 0 unspecified atom stereocenters. The molecule has 2 N–H and O–H groups in total. The lowest BCUT2D eigenvalue weighted by molar-refractivity contribution is -0.121. The SMILES string of the molecule is CNCCC(=O)NCc1ccc(F)cc1CSC.Cl. The van der Waals surface area contributed by atoms with Gasteiger partial charge in [-0.2, -0.15) is 11.8 Å². The van der Waals surface area contributed by atoms with Crippen LogP contribution < -0.4 is 10.6 Å². The van der Waals surface area contributed by atoms with E-state index >= 15 is 0 Å². The maximum absolute atomic E-state index is 13.1. The van der Waals surface area contributed by atoms with E-state index in [9.17, 15) is 9.18 Å². The van der Waals surface area contributed by atoms with Gasteiger partial charge in [0.1, 0.15) is 5.82 Å². The highest BCUT2D eigenvalue weighted by Crippen LogP contribution is 2.16. The Morgan fingerprint density at radius 1 is 1.37 bits per heavy atom. The second-order valence-electron chi connectivity index (χ2n) is 3.98. The highest BCUT2D eigenvalue weighted by atomic mass is 35.5. The Morgan fingerprint density at radius 3 is 2.74 bits per heavy atom. The number of thioether (sulfide) groups is 1. The van der Waals surface area contributed by atoms with Crippen molar-refractivity contribution in [3.8, 4) is 0 Å². The molecule has 0 atom stereocenters. The van der Waals surface area contributed by atoms with Crippen molar-refractivity contribution in [2.75, 3.05) is 19.8 Å². The van der Waals surface area contributed by atoms with Crippen molar-refractivity contribution < 1.29 is 9.18 Å². The van der Waals surface area contributed by atoms with Crippen LogP contribution in [0.1, 0.15) is 17.5 Å². The van der Waals surface area contributed by atoms with E-state index in [2.05, 4.69) is 10.6 Å². The molecule has 0 aliphatic heterocycles. The molecule has 3 nitrogen and oxygen atoms in total. The lowest BCUT2D eigenvalue weighted by Gasteiger charge is -2.10. The maximum atomic E-state index is 13.1. The Kier molecular flexibility index (Phi) is 9.65. The summed E-state index contributed by atoms with van der Waals surface area (Å²) in [6.07, 6.45) is 2.43. The molecule has 0 aliphatic carbocycles. The van der Waals surface area contributed by atoms with E-state index < -0.39 is 0 Å². The van der Waals surface area contributed by atoms with Gasteiger partial charge < -0.3 is 10.6 Å². The predicted octanol–water partition coefficient (Wildman–Crippen LogP) is 2.34. The normalized spacial score (nSPS) is 9.84. The fourth-order valence-corrected chi connectivity index (χ4v) is 2.16. The minimum absolute atomic E-state index is 0. The van der Waals surface area contributed by atoms with Gasteiger partial charge in [-0.15, -0.1) is 12.4 Å². The number of carbonyl (C=O) groups excluding carboxylic acids is 1. The van der Waals surface area contributed by atoms with Gasteiger partial charge in [0.05, 0.1) is 0 Å². The first kappa shape index (κ1) is 18.2. The van der Waals surface area contributed by atoms with Crippen LogP contribution in [0.4, 0.5) is 4.39 Å². The fraction of sp³-hybridized carbons (Fsp3) is 0.462. The quantitative estimate of drug-likeness (QED) is 0.812. The van der Waals surface area contributed by atoms with Crippen molar-refractivity contribution in [3.05, 3.63) is 35.1 Å². The first-order valence-corrected chi connectivity index (χ1v) is 7.24. The number of rotatable bonds is 7. The Bertz CT molecular complexity index is 404. The molecule has 0 saturated carbocycles. The number of hydrogen-bond acceptors (Lipinski definition) is 3. The van der Waals surface area contributed by atoms with Crippen molar-refractivity contribution in [2.45, 2.75) is 18.7 Å². The zero-order valence-corrected chi connectivity index (χ0v) is 12.8. The zero-order valence-electron chi connectivity index (χ0n) is 11.2. The molecule has 1 rings (SSSR count). The summed E-state index contributed by atoms with van der Waals surface area (Å²) < 4.78 is 13.1. The van der Waals surface area contributed by atoms with E-state index in [1.54, 1.807) is 17.8 Å². The van der Waals surface area contributed by atoms with Crippen molar-refractivity contribution in [3.63, 3.8) is 0 Å². The Morgan fingerprint density at radius 2 is 2.11 bits per heavy atom. The van der Waals surface area contributed by atoms with Crippen LogP contribution in [-0.2, 0) is 17.1 Å². The summed E-state index contributed by atoms with van der Waals surface area (Å²) in [6, 6.07) is 4.70. The number of hydrogen-bond donors (Lipinski definition) is 2. The van der Waals surface area contributed by atoms with Gasteiger partial charge in [-0.3, -0.25) is 4.79 Å². The number of nitrogens with one attached hydrogen (secondary N) is 2. The van der Waals surface area contributed by atoms with Gasteiger partial charge in [0, 0.05) is 25.3 Å². The molecular formula is C13H20ClFN2OS. The monoisotopic (exact) mass is 306 g/mol. The van der Waals surface area contributed by atoms with Crippen LogP contribution in [-0.4, -0.2) is 25.8 Å². The second-order valence-corrected chi connectivity index (χ2v) is 4.84. The van der Waals surface area contributed by atoms with E-state index in [-0.39, 0.29) is 24.1 Å². The Hall–Kier alpha value is -0.780. The average Bonchev–Trinajstić information content (AvgIpc) is 2.36. The molecule has 0 bridgehead atoms. The van der Waals surface area contributed by atoms with Crippen LogP contribution in [0.3, 0.4) is 0 Å². The van der Waals surface area contributed by atoms with Crippen molar-refractivity contribution >= 4 is 30.1 Å².